The summed E-state index contributed by atoms with van der Waals surface area (Å²) in [5.74, 6) is 0.380. The fourth-order valence-corrected chi connectivity index (χ4v) is 1.27. The van der Waals surface area contributed by atoms with E-state index < -0.39 is 0 Å². The minimum absolute atomic E-state index is 0.181. The number of nitrogens with two attached hydrogens (primary N) is 1. The lowest BCUT2D eigenvalue weighted by atomic mass is 9.99. The first-order valence-electron chi connectivity index (χ1n) is 3.72. The molecule has 1 heterocycles. The Hall–Kier alpha value is -0.410. The van der Waals surface area contributed by atoms with Crippen molar-refractivity contribution in [2.75, 3.05) is 13.1 Å². The van der Waals surface area contributed by atoms with Gasteiger partial charge in [-0.25, -0.2) is 0 Å². The van der Waals surface area contributed by atoms with E-state index in [2.05, 4.69) is 5.32 Å². The largest absolute Gasteiger partial charge is 0.322 e. The van der Waals surface area contributed by atoms with Gasteiger partial charge in [-0.3, -0.25) is 4.79 Å². The zero-order valence-electron chi connectivity index (χ0n) is 6.26. The van der Waals surface area contributed by atoms with Crippen molar-refractivity contribution in [1.82, 2.24) is 5.32 Å². The Kier molecular flexibility index (Phi) is 2.40. The number of rotatable bonds is 2. The highest BCUT2D eigenvalue weighted by molar-refractivity contribution is 5.86. The topological polar surface area (TPSA) is 55.1 Å². The van der Waals surface area contributed by atoms with Crippen LogP contribution in [0.1, 0.15) is 13.3 Å². The van der Waals surface area contributed by atoms with Crippen molar-refractivity contribution in [1.29, 1.82) is 0 Å². The maximum absolute atomic E-state index is 11.2. The molecule has 3 heteroatoms. The Labute approximate surface area is 61.0 Å². The van der Waals surface area contributed by atoms with Gasteiger partial charge in [-0.1, -0.05) is 0 Å². The molecule has 58 valence electrons. The number of carbonyl (C=O) groups excluding carboxylic acids is 1. The second-order valence-corrected chi connectivity index (χ2v) is 2.88. The third-order valence-electron chi connectivity index (χ3n) is 1.91. The SMILES string of the molecule is CC(N)C(=O)C1CCNC1. The fourth-order valence-electron chi connectivity index (χ4n) is 1.27. The lowest BCUT2D eigenvalue weighted by Gasteiger charge is -2.08. The Morgan fingerprint density at radius 1 is 1.80 bits per heavy atom. The van der Waals surface area contributed by atoms with Gasteiger partial charge in [0.15, 0.2) is 5.78 Å². The molecule has 2 atom stereocenters. The molecule has 1 fully saturated rings. The van der Waals surface area contributed by atoms with E-state index in [9.17, 15) is 4.79 Å². The monoisotopic (exact) mass is 142 g/mol. The van der Waals surface area contributed by atoms with Gasteiger partial charge in [-0.2, -0.15) is 0 Å². The van der Waals surface area contributed by atoms with E-state index in [1.54, 1.807) is 6.92 Å². The van der Waals surface area contributed by atoms with Crippen LogP contribution >= 0.6 is 0 Å². The summed E-state index contributed by atoms with van der Waals surface area (Å²) in [4.78, 5) is 11.2. The molecule has 1 saturated heterocycles. The molecule has 0 bridgehead atoms. The minimum Gasteiger partial charge on any atom is -0.322 e. The number of hydrogen-bond acceptors (Lipinski definition) is 3. The normalized spacial score (nSPS) is 28.4. The van der Waals surface area contributed by atoms with Crippen LogP contribution in [-0.4, -0.2) is 24.9 Å². The molecule has 2 unspecified atom stereocenters. The second-order valence-electron chi connectivity index (χ2n) is 2.88. The van der Waals surface area contributed by atoms with Crippen molar-refractivity contribution in [2.24, 2.45) is 11.7 Å². The third-order valence-corrected chi connectivity index (χ3v) is 1.91. The molecule has 0 aromatic rings. The number of carbonyl (C=O) groups is 1. The van der Waals surface area contributed by atoms with Crippen LogP contribution in [0.25, 0.3) is 0 Å². The lowest BCUT2D eigenvalue weighted by Crippen LogP contribution is -2.33. The highest BCUT2D eigenvalue weighted by Gasteiger charge is 2.24. The first-order chi connectivity index (χ1) is 4.72. The van der Waals surface area contributed by atoms with Crippen LogP contribution in [-0.2, 0) is 4.79 Å². The van der Waals surface area contributed by atoms with Crippen LogP contribution < -0.4 is 11.1 Å². The van der Waals surface area contributed by atoms with Crippen molar-refractivity contribution in [3.8, 4) is 0 Å². The van der Waals surface area contributed by atoms with Crippen LogP contribution in [0.15, 0.2) is 0 Å². The van der Waals surface area contributed by atoms with Gasteiger partial charge in [0.2, 0.25) is 0 Å². The molecular formula is C7H14N2O. The Morgan fingerprint density at radius 2 is 2.50 bits per heavy atom. The van der Waals surface area contributed by atoms with Crippen molar-refractivity contribution in [3.05, 3.63) is 0 Å². The van der Waals surface area contributed by atoms with E-state index >= 15 is 0 Å². The molecule has 0 radical (unpaired) electrons. The summed E-state index contributed by atoms with van der Waals surface area (Å²) < 4.78 is 0. The van der Waals surface area contributed by atoms with Gasteiger partial charge >= 0.3 is 0 Å². The first-order valence-corrected chi connectivity index (χ1v) is 3.72. The number of ketones is 1. The number of hydrogen-bond donors (Lipinski definition) is 2. The van der Waals surface area contributed by atoms with Crippen LogP contribution in [0.4, 0.5) is 0 Å². The summed E-state index contributed by atoms with van der Waals surface area (Å²) in [5.41, 5.74) is 5.44. The fraction of sp³-hybridized carbons (Fsp3) is 0.857. The van der Waals surface area contributed by atoms with Gasteiger partial charge < -0.3 is 11.1 Å². The van der Waals surface area contributed by atoms with E-state index in [1.807, 2.05) is 0 Å². The van der Waals surface area contributed by atoms with Crippen LogP contribution in [0, 0.1) is 5.92 Å². The second kappa shape index (κ2) is 3.12. The molecule has 1 aliphatic heterocycles. The van der Waals surface area contributed by atoms with E-state index in [0.717, 1.165) is 19.5 Å². The summed E-state index contributed by atoms with van der Waals surface area (Å²) >= 11 is 0. The van der Waals surface area contributed by atoms with E-state index in [4.69, 9.17) is 5.73 Å². The smallest absolute Gasteiger partial charge is 0.153 e. The third kappa shape index (κ3) is 1.55. The standard InChI is InChI=1S/C7H14N2O/c1-5(8)7(10)6-2-3-9-4-6/h5-6,9H,2-4,8H2,1H3. The molecule has 1 rings (SSSR count). The highest BCUT2D eigenvalue weighted by atomic mass is 16.1. The van der Waals surface area contributed by atoms with Gasteiger partial charge in [0.05, 0.1) is 6.04 Å². The Balaban J connectivity index is 2.40. The number of Topliss-reactive ketones (excluding diaryl/α,β-unsaturated/α-hetero) is 1. The quantitative estimate of drug-likeness (QED) is 0.547. The Bertz CT molecular complexity index is 128. The van der Waals surface area contributed by atoms with Crippen molar-refractivity contribution in [2.45, 2.75) is 19.4 Å². The molecule has 0 amide bonds. The zero-order valence-corrected chi connectivity index (χ0v) is 6.26. The summed E-state index contributed by atoms with van der Waals surface area (Å²) in [5, 5.41) is 3.13. The molecule has 3 N–H and O–H groups in total. The molecule has 3 nitrogen and oxygen atoms in total. The Morgan fingerprint density at radius 3 is 2.90 bits per heavy atom. The minimum atomic E-state index is -0.287. The molecular weight excluding hydrogens is 128 g/mol. The average molecular weight is 142 g/mol. The van der Waals surface area contributed by atoms with E-state index in [1.165, 1.54) is 0 Å². The van der Waals surface area contributed by atoms with Gasteiger partial charge in [0.1, 0.15) is 0 Å². The van der Waals surface area contributed by atoms with Crippen LogP contribution in [0.5, 0.6) is 0 Å². The summed E-state index contributed by atoms with van der Waals surface area (Å²) in [6.45, 7) is 3.53. The van der Waals surface area contributed by atoms with Gasteiger partial charge in [0, 0.05) is 12.5 Å². The van der Waals surface area contributed by atoms with Crippen molar-refractivity contribution < 1.29 is 4.79 Å². The summed E-state index contributed by atoms with van der Waals surface area (Å²) in [6, 6.07) is -0.287. The van der Waals surface area contributed by atoms with E-state index in [-0.39, 0.29) is 17.7 Å². The van der Waals surface area contributed by atoms with Gasteiger partial charge in [0.25, 0.3) is 0 Å². The van der Waals surface area contributed by atoms with Crippen LogP contribution in [0.2, 0.25) is 0 Å². The number of nitrogens with one attached hydrogen (secondary N) is 1. The first kappa shape index (κ1) is 7.69. The lowest BCUT2D eigenvalue weighted by molar-refractivity contribution is -0.123. The molecule has 10 heavy (non-hydrogen) atoms. The highest BCUT2D eigenvalue weighted by Crippen LogP contribution is 2.09. The molecule has 1 aliphatic rings. The van der Waals surface area contributed by atoms with Crippen LogP contribution in [0.3, 0.4) is 0 Å². The van der Waals surface area contributed by atoms with Gasteiger partial charge in [-0.15, -0.1) is 0 Å². The van der Waals surface area contributed by atoms with Crippen molar-refractivity contribution >= 4 is 5.78 Å². The molecule has 0 spiro atoms. The molecule has 0 aliphatic carbocycles. The van der Waals surface area contributed by atoms with Crippen molar-refractivity contribution in [3.63, 3.8) is 0 Å². The molecule has 0 aromatic carbocycles. The molecule has 0 saturated carbocycles. The average Bonchev–Trinajstić information content (AvgIpc) is 2.36. The van der Waals surface area contributed by atoms with Gasteiger partial charge in [-0.05, 0) is 19.9 Å². The summed E-state index contributed by atoms with van der Waals surface area (Å²) in [7, 11) is 0. The van der Waals surface area contributed by atoms with E-state index in [0.29, 0.717) is 0 Å². The predicted molar refractivity (Wildman–Crippen MR) is 39.6 cm³/mol. The predicted octanol–water partition coefficient (Wildman–Crippen LogP) is -0.488. The summed E-state index contributed by atoms with van der Waals surface area (Å²) in [6.07, 6.45) is 0.959. The molecule has 0 aromatic heterocycles. The maximum Gasteiger partial charge on any atom is 0.153 e. The maximum atomic E-state index is 11.2. The zero-order chi connectivity index (χ0) is 7.56.